The van der Waals surface area contributed by atoms with Crippen LogP contribution in [0.5, 0.6) is 0 Å². The summed E-state index contributed by atoms with van der Waals surface area (Å²) in [6.07, 6.45) is 0. The highest BCUT2D eigenvalue weighted by Crippen LogP contribution is 2.20. The average Bonchev–Trinajstić information content (AvgIpc) is 2.29. The first-order valence-electron chi connectivity index (χ1n) is 6.95. The van der Waals surface area contributed by atoms with Crippen LogP contribution in [0.3, 0.4) is 0 Å². The molecule has 0 aliphatic rings. The lowest BCUT2D eigenvalue weighted by Gasteiger charge is -2.31. The first-order valence-corrected chi connectivity index (χ1v) is 7.75. The molecule has 0 fully saturated rings. The molecule has 108 valence electrons. The fraction of sp³-hybridized carbons (Fsp3) is 0.625. The van der Waals surface area contributed by atoms with Crippen LogP contribution in [0, 0.1) is 5.41 Å². The fourth-order valence-corrected chi connectivity index (χ4v) is 2.65. The molecular formula is C16H27BrN2. The minimum Gasteiger partial charge on any atom is -0.314 e. The van der Waals surface area contributed by atoms with Gasteiger partial charge in [-0.05, 0) is 24.1 Å². The van der Waals surface area contributed by atoms with E-state index in [9.17, 15) is 0 Å². The van der Waals surface area contributed by atoms with Gasteiger partial charge in [0.2, 0.25) is 0 Å². The van der Waals surface area contributed by atoms with Crippen molar-refractivity contribution in [2.24, 2.45) is 5.41 Å². The third kappa shape index (κ3) is 6.55. The van der Waals surface area contributed by atoms with E-state index in [2.05, 4.69) is 85.2 Å². The molecule has 19 heavy (non-hydrogen) atoms. The summed E-state index contributed by atoms with van der Waals surface area (Å²) in [6.45, 7) is 12.1. The summed E-state index contributed by atoms with van der Waals surface area (Å²) < 4.78 is 1.19. The van der Waals surface area contributed by atoms with E-state index < -0.39 is 0 Å². The van der Waals surface area contributed by atoms with Crippen molar-refractivity contribution in [3.05, 3.63) is 34.3 Å². The molecule has 1 aromatic rings. The molecule has 0 radical (unpaired) electrons. The Morgan fingerprint density at radius 3 is 2.47 bits per heavy atom. The Morgan fingerprint density at radius 1 is 1.26 bits per heavy atom. The van der Waals surface area contributed by atoms with E-state index in [1.54, 1.807) is 0 Å². The molecule has 1 rings (SSSR count). The van der Waals surface area contributed by atoms with Crippen LogP contribution in [0.25, 0.3) is 0 Å². The Hall–Kier alpha value is -0.380. The van der Waals surface area contributed by atoms with Gasteiger partial charge in [-0.2, -0.15) is 0 Å². The lowest BCUT2D eigenvalue weighted by Crippen LogP contribution is -2.40. The first kappa shape index (κ1) is 16.7. The van der Waals surface area contributed by atoms with E-state index in [1.807, 2.05) is 0 Å². The predicted molar refractivity (Wildman–Crippen MR) is 87.4 cm³/mol. The van der Waals surface area contributed by atoms with Gasteiger partial charge in [-0.1, -0.05) is 61.8 Å². The number of hydrogen-bond donors (Lipinski definition) is 1. The number of benzene rings is 1. The normalized spacial score (nSPS) is 12.4. The number of hydrogen-bond acceptors (Lipinski definition) is 2. The Balaban J connectivity index is 2.50. The standard InChI is InChI=1S/C16H27BrN2/c1-13(2)18-11-16(3,4)12-19(5)10-14-8-6-7-9-15(14)17/h6-9,13,18H,10-12H2,1-5H3. The Labute approximate surface area is 126 Å². The number of halogens is 1. The molecule has 0 bridgehead atoms. The largest absolute Gasteiger partial charge is 0.314 e. The molecule has 2 nitrogen and oxygen atoms in total. The number of rotatable bonds is 7. The highest BCUT2D eigenvalue weighted by atomic mass is 79.9. The molecule has 0 amide bonds. The maximum Gasteiger partial charge on any atom is 0.0242 e. The van der Waals surface area contributed by atoms with Gasteiger partial charge in [-0.15, -0.1) is 0 Å². The minimum atomic E-state index is 0.278. The Bertz CT molecular complexity index is 388. The molecule has 3 heteroatoms. The second kappa shape index (κ2) is 7.41. The quantitative estimate of drug-likeness (QED) is 0.817. The van der Waals surface area contributed by atoms with E-state index in [0.29, 0.717) is 6.04 Å². The molecular weight excluding hydrogens is 300 g/mol. The van der Waals surface area contributed by atoms with Crippen molar-refractivity contribution in [2.45, 2.75) is 40.3 Å². The summed E-state index contributed by atoms with van der Waals surface area (Å²) in [5.74, 6) is 0. The fourth-order valence-electron chi connectivity index (χ4n) is 2.24. The predicted octanol–water partition coefficient (Wildman–Crippen LogP) is 3.91. The molecule has 0 saturated heterocycles. The zero-order valence-electron chi connectivity index (χ0n) is 12.8. The van der Waals surface area contributed by atoms with Crippen LogP contribution in [-0.2, 0) is 6.54 Å². The van der Waals surface area contributed by atoms with Crippen molar-refractivity contribution in [1.82, 2.24) is 10.2 Å². The van der Waals surface area contributed by atoms with Gasteiger partial charge in [-0.25, -0.2) is 0 Å². The van der Waals surface area contributed by atoms with Crippen LogP contribution in [-0.4, -0.2) is 31.1 Å². The second-order valence-electron chi connectivity index (χ2n) is 6.46. The van der Waals surface area contributed by atoms with Gasteiger partial charge in [0.15, 0.2) is 0 Å². The van der Waals surface area contributed by atoms with Crippen molar-refractivity contribution >= 4 is 15.9 Å². The zero-order valence-corrected chi connectivity index (χ0v) is 14.4. The lowest BCUT2D eigenvalue weighted by molar-refractivity contribution is 0.195. The third-order valence-corrected chi connectivity index (χ3v) is 3.86. The molecule has 0 aromatic heterocycles. The minimum absolute atomic E-state index is 0.278. The molecule has 0 saturated carbocycles. The maximum absolute atomic E-state index is 3.62. The topological polar surface area (TPSA) is 15.3 Å². The van der Waals surface area contributed by atoms with Gasteiger partial charge < -0.3 is 10.2 Å². The van der Waals surface area contributed by atoms with Crippen LogP contribution in [0.1, 0.15) is 33.3 Å². The van der Waals surface area contributed by atoms with Gasteiger partial charge in [0.25, 0.3) is 0 Å². The van der Waals surface area contributed by atoms with E-state index in [4.69, 9.17) is 0 Å². The molecule has 0 unspecified atom stereocenters. The maximum atomic E-state index is 3.62. The van der Waals surface area contributed by atoms with Crippen LogP contribution >= 0.6 is 15.9 Å². The van der Waals surface area contributed by atoms with Crippen molar-refractivity contribution in [1.29, 1.82) is 0 Å². The van der Waals surface area contributed by atoms with E-state index in [-0.39, 0.29) is 5.41 Å². The van der Waals surface area contributed by atoms with Gasteiger partial charge in [0.05, 0.1) is 0 Å². The monoisotopic (exact) mass is 326 g/mol. The first-order chi connectivity index (χ1) is 8.80. The molecule has 1 aromatic carbocycles. The molecule has 1 N–H and O–H groups in total. The van der Waals surface area contributed by atoms with Crippen LogP contribution in [0.4, 0.5) is 0 Å². The number of nitrogens with zero attached hydrogens (tertiary/aromatic N) is 1. The molecule has 0 aliphatic heterocycles. The summed E-state index contributed by atoms with van der Waals surface area (Å²) in [5.41, 5.74) is 1.62. The molecule has 0 aliphatic carbocycles. The highest BCUT2D eigenvalue weighted by Gasteiger charge is 2.20. The van der Waals surface area contributed by atoms with Gasteiger partial charge >= 0.3 is 0 Å². The van der Waals surface area contributed by atoms with Crippen molar-refractivity contribution in [3.8, 4) is 0 Å². The van der Waals surface area contributed by atoms with Gasteiger partial charge in [0, 0.05) is 30.1 Å². The van der Waals surface area contributed by atoms with Gasteiger partial charge in [0.1, 0.15) is 0 Å². The van der Waals surface area contributed by atoms with Crippen LogP contribution in [0.15, 0.2) is 28.7 Å². The van der Waals surface area contributed by atoms with Crippen molar-refractivity contribution in [3.63, 3.8) is 0 Å². The average molecular weight is 327 g/mol. The van der Waals surface area contributed by atoms with E-state index in [0.717, 1.165) is 19.6 Å². The summed E-state index contributed by atoms with van der Waals surface area (Å²) in [5, 5.41) is 3.53. The smallest absolute Gasteiger partial charge is 0.0242 e. The van der Waals surface area contributed by atoms with Crippen LogP contribution in [0.2, 0.25) is 0 Å². The Kier molecular flexibility index (Phi) is 6.51. The molecule has 0 spiro atoms. The highest BCUT2D eigenvalue weighted by molar-refractivity contribution is 9.10. The van der Waals surface area contributed by atoms with E-state index >= 15 is 0 Å². The summed E-state index contributed by atoms with van der Waals surface area (Å²) in [6, 6.07) is 8.99. The summed E-state index contributed by atoms with van der Waals surface area (Å²) in [4.78, 5) is 2.39. The SMILES string of the molecule is CC(C)NCC(C)(C)CN(C)Cc1ccccc1Br. The molecule has 0 heterocycles. The van der Waals surface area contributed by atoms with Crippen LogP contribution < -0.4 is 5.32 Å². The van der Waals surface area contributed by atoms with Crippen molar-refractivity contribution < 1.29 is 0 Å². The number of nitrogens with one attached hydrogen (secondary N) is 1. The summed E-state index contributed by atoms with van der Waals surface area (Å²) in [7, 11) is 2.19. The van der Waals surface area contributed by atoms with Gasteiger partial charge in [-0.3, -0.25) is 0 Å². The second-order valence-corrected chi connectivity index (χ2v) is 7.32. The summed E-state index contributed by atoms with van der Waals surface area (Å²) >= 11 is 3.62. The zero-order chi connectivity index (χ0) is 14.5. The van der Waals surface area contributed by atoms with E-state index in [1.165, 1.54) is 10.0 Å². The van der Waals surface area contributed by atoms with Crippen molar-refractivity contribution in [2.75, 3.05) is 20.1 Å². The third-order valence-electron chi connectivity index (χ3n) is 3.08. The molecule has 0 atom stereocenters. The lowest BCUT2D eigenvalue weighted by atomic mass is 9.92. The Morgan fingerprint density at radius 2 is 1.89 bits per heavy atom.